The molecule has 0 unspecified atom stereocenters. The molecule has 1 aliphatic heterocycles. The van der Waals surface area contributed by atoms with Crippen LogP contribution in [0.2, 0.25) is 0 Å². The van der Waals surface area contributed by atoms with Crippen molar-refractivity contribution in [2.75, 3.05) is 31.6 Å². The van der Waals surface area contributed by atoms with Gasteiger partial charge in [0.2, 0.25) is 5.88 Å². The molecule has 5 rings (SSSR count). The number of pyridine rings is 1. The maximum Gasteiger partial charge on any atom is 0.410 e. The van der Waals surface area contributed by atoms with Crippen molar-refractivity contribution in [1.29, 1.82) is 0 Å². The number of methoxy groups -OCH3 is 1. The Labute approximate surface area is 180 Å². The van der Waals surface area contributed by atoms with E-state index in [1.165, 1.54) is 0 Å². The van der Waals surface area contributed by atoms with Crippen LogP contribution in [0.15, 0.2) is 36.8 Å². The van der Waals surface area contributed by atoms with Crippen LogP contribution in [0.3, 0.4) is 0 Å². The standard InChI is InChI=1S/C22H26N6O3/c1-15(2)31-21(29)27-12-11-26(14-22(27)7-8-22)18-6-10-28-19(25-18)17(13-24-28)16-5-4-9-23-20(16)30-3/h4-6,9-10,13,15H,7-8,11-12,14H2,1-3H3. The summed E-state index contributed by atoms with van der Waals surface area (Å²) in [6.45, 7) is 5.85. The van der Waals surface area contributed by atoms with Crippen LogP contribution in [0.4, 0.5) is 10.6 Å². The highest BCUT2D eigenvalue weighted by atomic mass is 16.6. The van der Waals surface area contributed by atoms with E-state index in [1.807, 2.05) is 43.1 Å². The number of hydrogen-bond acceptors (Lipinski definition) is 7. The van der Waals surface area contributed by atoms with E-state index in [1.54, 1.807) is 24.0 Å². The maximum absolute atomic E-state index is 12.5. The van der Waals surface area contributed by atoms with E-state index in [2.05, 4.69) is 15.0 Å². The van der Waals surface area contributed by atoms with Gasteiger partial charge in [-0.25, -0.2) is 19.3 Å². The Kier molecular flexibility index (Phi) is 4.68. The van der Waals surface area contributed by atoms with Crippen molar-refractivity contribution >= 4 is 17.6 Å². The second kappa shape index (κ2) is 7.40. The zero-order valence-corrected chi connectivity index (χ0v) is 18.0. The van der Waals surface area contributed by atoms with Crippen molar-refractivity contribution in [2.24, 2.45) is 0 Å². The van der Waals surface area contributed by atoms with Gasteiger partial charge in [-0.2, -0.15) is 5.10 Å². The second-order valence-corrected chi connectivity index (χ2v) is 8.40. The molecule has 3 aromatic rings. The van der Waals surface area contributed by atoms with Crippen molar-refractivity contribution < 1.29 is 14.3 Å². The van der Waals surface area contributed by atoms with Gasteiger partial charge in [-0.1, -0.05) is 0 Å². The SMILES string of the molecule is COc1ncccc1-c1cnn2ccc(N3CCN(C(=O)OC(C)C)C4(CC4)C3)nc12. The monoisotopic (exact) mass is 422 g/mol. The Morgan fingerprint density at radius 2 is 2.03 bits per heavy atom. The Morgan fingerprint density at radius 3 is 2.77 bits per heavy atom. The first-order valence-electron chi connectivity index (χ1n) is 10.6. The zero-order chi connectivity index (χ0) is 21.6. The highest BCUT2D eigenvalue weighted by molar-refractivity contribution is 5.80. The van der Waals surface area contributed by atoms with Crippen molar-refractivity contribution in [2.45, 2.75) is 38.3 Å². The van der Waals surface area contributed by atoms with Crippen molar-refractivity contribution in [3.63, 3.8) is 0 Å². The van der Waals surface area contributed by atoms with Gasteiger partial charge in [0, 0.05) is 37.6 Å². The average Bonchev–Trinajstić information content (AvgIpc) is 3.39. The number of ether oxygens (including phenoxy) is 2. The average molecular weight is 422 g/mol. The molecule has 0 bridgehead atoms. The molecule has 0 radical (unpaired) electrons. The van der Waals surface area contributed by atoms with Gasteiger partial charge >= 0.3 is 6.09 Å². The fourth-order valence-corrected chi connectivity index (χ4v) is 4.28. The van der Waals surface area contributed by atoms with Crippen LogP contribution in [0.5, 0.6) is 5.88 Å². The lowest BCUT2D eigenvalue weighted by Crippen LogP contribution is -2.57. The quantitative estimate of drug-likeness (QED) is 0.639. The second-order valence-electron chi connectivity index (χ2n) is 8.40. The molecule has 9 nitrogen and oxygen atoms in total. The first-order valence-corrected chi connectivity index (χ1v) is 10.6. The lowest BCUT2D eigenvalue weighted by Gasteiger charge is -2.42. The van der Waals surface area contributed by atoms with Crippen molar-refractivity contribution in [3.05, 3.63) is 36.8 Å². The van der Waals surface area contributed by atoms with Crippen molar-refractivity contribution in [1.82, 2.24) is 24.5 Å². The molecular formula is C22H26N6O3. The number of carbonyl (C=O) groups excluding carboxylic acids is 1. The molecule has 1 saturated carbocycles. The Morgan fingerprint density at radius 1 is 1.19 bits per heavy atom. The van der Waals surface area contributed by atoms with Gasteiger partial charge in [0.1, 0.15) is 5.82 Å². The molecule has 0 aromatic carbocycles. The van der Waals surface area contributed by atoms with E-state index in [4.69, 9.17) is 14.5 Å². The van der Waals surface area contributed by atoms with E-state index in [-0.39, 0.29) is 17.7 Å². The molecule has 1 amide bonds. The first-order chi connectivity index (χ1) is 15.0. The van der Waals surface area contributed by atoms with Gasteiger partial charge in [-0.3, -0.25) is 4.90 Å². The minimum atomic E-state index is -0.211. The fourth-order valence-electron chi connectivity index (χ4n) is 4.28. The van der Waals surface area contributed by atoms with E-state index < -0.39 is 0 Å². The largest absolute Gasteiger partial charge is 0.481 e. The number of aromatic nitrogens is 4. The van der Waals surface area contributed by atoms with Crippen LogP contribution in [0.1, 0.15) is 26.7 Å². The summed E-state index contributed by atoms with van der Waals surface area (Å²) in [5.74, 6) is 1.42. The number of anilines is 1. The molecule has 3 aromatic heterocycles. The number of carbonyl (C=O) groups is 1. The van der Waals surface area contributed by atoms with Crippen LogP contribution in [-0.4, -0.2) is 69.0 Å². The summed E-state index contributed by atoms with van der Waals surface area (Å²) in [7, 11) is 1.61. The molecular weight excluding hydrogens is 396 g/mol. The Balaban J connectivity index is 1.44. The van der Waals surface area contributed by atoms with Crippen LogP contribution >= 0.6 is 0 Å². The number of fused-ring (bicyclic) bond motifs is 1. The molecule has 2 fully saturated rings. The van der Waals surface area contributed by atoms with E-state index in [0.717, 1.165) is 42.0 Å². The lowest BCUT2D eigenvalue weighted by atomic mass is 10.1. The number of nitrogens with zero attached hydrogens (tertiary/aromatic N) is 6. The Bertz CT molecular complexity index is 1120. The number of rotatable bonds is 4. The van der Waals surface area contributed by atoms with Crippen LogP contribution in [0.25, 0.3) is 16.8 Å². The normalized spacial score (nSPS) is 17.4. The summed E-state index contributed by atoms with van der Waals surface area (Å²) in [6.07, 6.45) is 7.06. The summed E-state index contributed by atoms with van der Waals surface area (Å²) in [4.78, 5) is 25.9. The first kappa shape index (κ1) is 19.6. The molecule has 1 spiro atoms. The van der Waals surface area contributed by atoms with Crippen LogP contribution in [0, 0.1) is 0 Å². The molecule has 2 aliphatic rings. The van der Waals surface area contributed by atoms with Gasteiger partial charge in [0.15, 0.2) is 5.65 Å². The summed E-state index contributed by atoms with van der Waals surface area (Å²) < 4.78 is 12.6. The van der Waals surface area contributed by atoms with Gasteiger partial charge in [0.05, 0.1) is 30.5 Å². The molecule has 1 aliphatic carbocycles. The summed E-state index contributed by atoms with van der Waals surface area (Å²) >= 11 is 0. The van der Waals surface area contributed by atoms with Gasteiger partial charge in [0.25, 0.3) is 0 Å². The van der Waals surface area contributed by atoms with Crippen LogP contribution in [-0.2, 0) is 4.74 Å². The predicted molar refractivity (Wildman–Crippen MR) is 115 cm³/mol. The van der Waals surface area contributed by atoms with Gasteiger partial charge in [-0.05, 0) is 44.9 Å². The smallest absolute Gasteiger partial charge is 0.410 e. The minimum absolute atomic E-state index is 0.116. The van der Waals surface area contributed by atoms with Crippen LogP contribution < -0.4 is 9.64 Å². The predicted octanol–water partition coefficient (Wildman–Crippen LogP) is 3.00. The molecule has 0 atom stereocenters. The third kappa shape index (κ3) is 3.43. The summed E-state index contributed by atoms with van der Waals surface area (Å²) in [5, 5.41) is 4.44. The van der Waals surface area contributed by atoms with E-state index in [9.17, 15) is 4.79 Å². The topological polar surface area (TPSA) is 85.1 Å². The number of piperazine rings is 1. The summed E-state index contributed by atoms with van der Waals surface area (Å²) in [5.41, 5.74) is 2.32. The highest BCUT2D eigenvalue weighted by Crippen LogP contribution is 2.45. The summed E-state index contributed by atoms with van der Waals surface area (Å²) in [6, 6.07) is 5.80. The van der Waals surface area contributed by atoms with Crippen molar-refractivity contribution in [3.8, 4) is 17.0 Å². The molecule has 9 heteroatoms. The Hall–Kier alpha value is -3.36. The van der Waals surface area contributed by atoms with E-state index >= 15 is 0 Å². The highest BCUT2D eigenvalue weighted by Gasteiger charge is 2.54. The van der Waals surface area contributed by atoms with E-state index in [0.29, 0.717) is 19.0 Å². The zero-order valence-electron chi connectivity index (χ0n) is 18.0. The maximum atomic E-state index is 12.5. The molecule has 1 saturated heterocycles. The molecule has 0 N–H and O–H groups in total. The fraction of sp³-hybridized carbons (Fsp3) is 0.455. The third-order valence-electron chi connectivity index (χ3n) is 5.97. The lowest BCUT2D eigenvalue weighted by molar-refractivity contribution is 0.0545. The minimum Gasteiger partial charge on any atom is -0.481 e. The van der Waals surface area contributed by atoms with Gasteiger partial charge < -0.3 is 14.4 Å². The molecule has 31 heavy (non-hydrogen) atoms. The molecule has 4 heterocycles. The third-order valence-corrected chi connectivity index (χ3v) is 5.97. The van der Waals surface area contributed by atoms with Gasteiger partial charge in [-0.15, -0.1) is 0 Å². The molecule has 162 valence electrons. The number of amides is 1. The number of hydrogen-bond donors (Lipinski definition) is 0.